The quantitative estimate of drug-likeness (QED) is 0.868. The normalized spacial score (nSPS) is 21.4. The number of carbonyl (C=O) groups excluding carboxylic acids is 1. The summed E-state index contributed by atoms with van der Waals surface area (Å²) in [4.78, 5) is 25.9. The molecule has 1 heterocycles. The third-order valence-corrected chi connectivity index (χ3v) is 3.47. The minimum atomic E-state index is -1.13. The van der Waals surface area contributed by atoms with Crippen molar-refractivity contribution in [3.63, 3.8) is 0 Å². The minimum absolute atomic E-state index is 0.00353. The van der Waals surface area contributed by atoms with Crippen molar-refractivity contribution < 1.29 is 24.2 Å². The molecule has 114 valence electrons. The first-order valence-corrected chi connectivity index (χ1v) is 6.55. The highest BCUT2D eigenvalue weighted by molar-refractivity contribution is 5.83. The van der Waals surface area contributed by atoms with Gasteiger partial charge in [-0.1, -0.05) is 12.1 Å². The van der Waals surface area contributed by atoms with Gasteiger partial charge in [0.2, 0.25) is 0 Å². The highest BCUT2D eigenvalue weighted by Gasteiger charge is 2.39. The molecule has 1 fully saturated rings. The lowest BCUT2D eigenvalue weighted by Gasteiger charge is -2.27. The van der Waals surface area contributed by atoms with Crippen LogP contribution in [0.5, 0.6) is 0 Å². The minimum Gasteiger partial charge on any atom is -0.480 e. The van der Waals surface area contributed by atoms with E-state index in [0.717, 1.165) is 10.5 Å². The number of carboxylic acid groups (broad SMARTS) is 1. The zero-order chi connectivity index (χ0) is 15.6. The number of aliphatic hydroxyl groups excluding tert-OH is 1. The Bertz CT molecular complexity index is 534. The van der Waals surface area contributed by atoms with Crippen LogP contribution in [0.15, 0.2) is 24.3 Å². The lowest BCUT2D eigenvalue weighted by molar-refractivity contribution is -0.141. The van der Waals surface area contributed by atoms with Crippen LogP contribution in [0.3, 0.4) is 0 Å². The summed E-state index contributed by atoms with van der Waals surface area (Å²) < 4.78 is 12.8. The van der Waals surface area contributed by atoms with Crippen LogP contribution in [-0.4, -0.2) is 57.8 Å². The van der Waals surface area contributed by atoms with Gasteiger partial charge in [-0.15, -0.1) is 0 Å². The van der Waals surface area contributed by atoms with Crippen LogP contribution < -0.4 is 0 Å². The van der Waals surface area contributed by atoms with E-state index in [4.69, 9.17) is 5.11 Å². The first-order valence-electron chi connectivity index (χ1n) is 6.55. The Hall–Kier alpha value is -2.15. The van der Waals surface area contributed by atoms with Crippen molar-refractivity contribution in [2.24, 2.45) is 0 Å². The van der Waals surface area contributed by atoms with Crippen LogP contribution in [0.1, 0.15) is 12.0 Å². The maximum Gasteiger partial charge on any atom is 0.326 e. The molecular weight excluding hydrogens is 279 g/mol. The second kappa shape index (κ2) is 6.09. The second-order valence-electron chi connectivity index (χ2n) is 5.16. The van der Waals surface area contributed by atoms with E-state index >= 15 is 0 Å². The van der Waals surface area contributed by atoms with E-state index in [1.54, 1.807) is 12.1 Å². The molecule has 0 aromatic heterocycles. The average Bonchev–Trinajstić information content (AvgIpc) is 2.82. The van der Waals surface area contributed by atoms with Crippen molar-refractivity contribution in [1.29, 1.82) is 0 Å². The van der Waals surface area contributed by atoms with E-state index < -0.39 is 24.1 Å². The number of aliphatic carboxylic acids is 1. The Labute approximate surface area is 121 Å². The van der Waals surface area contributed by atoms with Crippen molar-refractivity contribution in [2.45, 2.75) is 25.1 Å². The summed E-state index contributed by atoms with van der Waals surface area (Å²) in [5, 5.41) is 18.6. The Morgan fingerprint density at radius 3 is 2.57 bits per heavy atom. The maximum absolute atomic E-state index is 12.8. The van der Waals surface area contributed by atoms with Gasteiger partial charge in [0, 0.05) is 26.6 Å². The van der Waals surface area contributed by atoms with E-state index in [2.05, 4.69) is 0 Å². The number of amides is 2. The Kier molecular flexibility index (Phi) is 4.42. The fraction of sp³-hybridized carbons (Fsp3) is 0.429. The number of hydrogen-bond donors (Lipinski definition) is 2. The van der Waals surface area contributed by atoms with Crippen LogP contribution in [0.2, 0.25) is 0 Å². The Balaban J connectivity index is 2.04. The lowest BCUT2D eigenvalue weighted by Crippen LogP contribution is -2.46. The summed E-state index contributed by atoms with van der Waals surface area (Å²) in [5.41, 5.74) is 0.735. The van der Waals surface area contributed by atoms with Gasteiger partial charge >= 0.3 is 12.0 Å². The smallest absolute Gasteiger partial charge is 0.326 e. The van der Waals surface area contributed by atoms with Crippen LogP contribution in [-0.2, 0) is 11.3 Å². The Morgan fingerprint density at radius 2 is 2.00 bits per heavy atom. The number of likely N-dealkylation sites (tertiary alicyclic amines) is 1. The summed E-state index contributed by atoms with van der Waals surface area (Å²) >= 11 is 0. The fourth-order valence-corrected chi connectivity index (χ4v) is 2.41. The van der Waals surface area contributed by atoms with E-state index in [1.807, 2.05) is 0 Å². The molecule has 2 amide bonds. The molecule has 7 heteroatoms. The van der Waals surface area contributed by atoms with Crippen molar-refractivity contribution in [2.75, 3.05) is 13.6 Å². The highest BCUT2D eigenvalue weighted by atomic mass is 19.1. The molecule has 0 unspecified atom stereocenters. The number of carbonyl (C=O) groups is 2. The molecular formula is C14H17FN2O4. The van der Waals surface area contributed by atoms with Crippen molar-refractivity contribution in [1.82, 2.24) is 9.80 Å². The van der Waals surface area contributed by atoms with Crippen molar-refractivity contribution >= 4 is 12.0 Å². The van der Waals surface area contributed by atoms with Gasteiger partial charge in [0.1, 0.15) is 11.9 Å². The number of β-amino-alcohol motifs (C(OH)–C–C–N with tert-alkyl or cyclic N) is 1. The number of carboxylic acids is 1. The van der Waals surface area contributed by atoms with Gasteiger partial charge in [-0.2, -0.15) is 0 Å². The SMILES string of the molecule is CN(Cc1ccc(F)cc1)C(=O)N1C[C@H](O)C[C@@H]1C(=O)O. The molecule has 2 N–H and O–H groups in total. The molecule has 0 aliphatic carbocycles. The van der Waals surface area contributed by atoms with E-state index in [0.29, 0.717) is 0 Å². The summed E-state index contributed by atoms with van der Waals surface area (Å²) in [5.74, 6) is -1.49. The molecule has 1 saturated heterocycles. The molecule has 2 rings (SSSR count). The molecule has 0 bridgehead atoms. The van der Waals surface area contributed by atoms with Gasteiger partial charge in [-0.25, -0.2) is 14.0 Å². The van der Waals surface area contributed by atoms with Crippen LogP contribution >= 0.6 is 0 Å². The predicted octanol–water partition coefficient (Wildman–Crippen LogP) is 0.897. The lowest BCUT2D eigenvalue weighted by atomic mass is 10.2. The molecule has 1 aromatic rings. The average molecular weight is 296 g/mol. The number of urea groups is 1. The topological polar surface area (TPSA) is 81.1 Å². The van der Waals surface area contributed by atoms with Crippen LogP contribution in [0, 0.1) is 5.82 Å². The molecule has 2 atom stereocenters. The van der Waals surface area contributed by atoms with Gasteiger partial charge in [-0.05, 0) is 17.7 Å². The van der Waals surface area contributed by atoms with Gasteiger partial charge in [-0.3, -0.25) is 0 Å². The highest BCUT2D eigenvalue weighted by Crippen LogP contribution is 2.20. The number of hydrogen-bond acceptors (Lipinski definition) is 3. The molecule has 0 saturated carbocycles. The molecule has 0 radical (unpaired) electrons. The van der Waals surface area contributed by atoms with Crippen molar-refractivity contribution in [3.05, 3.63) is 35.6 Å². The van der Waals surface area contributed by atoms with Gasteiger partial charge in [0.25, 0.3) is 0 Å². The standard InChI is InChI=1S/C14H17FN2O4/c1-16(7-9-2-4-10(15)5-3-9)14(21)17-8-11(18)6-12(17)13(19)20/h2-5,11-12,18H,6-8H2,1H3,(H,19,20)/t11-,12-/m1/s1. The summed E-state index contributed by atoms with van der Waals surface area (Å²) in [7, 11) is 1.54. The zero-order valence-corrected chi connectivity index (χ0v) is 11.6. The first kappa shape index (κ1) is 15.2. The maximum atomic E-state index is 12.8. The van der Waals surface area contributed by atoms with E-state index in [1.165, 1.54) is 24.1 Å². The molecule has 1 aliphatic rings. The zero-order valence-electron chi connectivity index (χ0n) is 11.6. The molecule has 1 aliphatic heterocycles. The largest absolute Gasteiger partial charge is 0.480 e. The summed E-state index contributed by atoms with van der Waals surface area (Å²) in [6.07, 6.45) is -0.792. The van der Waals surface area contributed by atoms with Crippen LogP contribution in [0.4, 0.5) is 9.18 Å². The molecule has 0 spiro atoms. The second-order valence-corrected chi connectivity index (χ2v) is 5.16. The fourth-order valence-electron chi connectivity index (χ4n) is 2.41. The predicted molar refractivity (Wildman–Crippen MR) is 72.0 cm³/mol. The summed E-state index contributed by atoms with van der Waals surface area (Å²) in [6.45, 7) is 0.238. The molecule has 1 aromatic carbocycles. The van der Waals surface area contributed by atoms with E-state index in [9.17, 15) is 19.1 Å². The monoisotopic (exact) mass is 296 g/mol. The first-order chi connectivity index (χ1) is 9.88. The third kappa shape index (κ3) is 3.49. The number of benzene rings is 1. The summed E-state index contributed by atoms with van der Waals surface area (Å²) in [6, 6.07) is 4.24. The third-order valence-electron chi connectivity index (χ3n) is 3.47. The number of nitrogens with zero attached hydrogens (tertiary/aromatic N) is 2. The van der Waals surface area contributed by atoms with Gasteiger partial charge in [0.15, 0.2) is 0 Å². The van der Waals surface area contributed by atoms with Crippen LogP contribution in [0.25, 0.3) is 0 Å². The van der Waals surface area contributed by atoms with Gasteiger partial charge < -0.3 is 20.0 Å². The van der Waals surface area contributed by atoms with Crippen molar-refractivity contribution in [3.8, 4) is 0 Å². The van der Waals surface area contributed by atoms with E-state index in [-0.39, 0.29) is 25.3 Å². The molecule has 6 nitrogen and oxygen atoms in total. The number of halogens is 1. The number of aliphatic hydroxyl groups is 1. The number of rotatable bonds is 3. The van der Waals surface area contributed by atoms with Gasteiger partial charge in [0.05, 0.1) is 6.10 Å². The molecule has 21 heavy (non-hydrogen) atoms. The Morgan fingerprint density at radius 1 is 1.38 bits per heavy atom.